The van der Waals surface area contributed by atoms with Crippen LogP contribution in [0.1, 0.15) is 28.9 Å². The summed E-state index contributed by atoms with van der Waals surface area (Å²) in [6.45, 7) is 2.37. The van der Waals surface area contributed by atoms with Crippen LogP contribution < -0.4 is 4.90 Å². The van der Waals surface area contributed by atoms with Gasteiger partial charge in [-0.2, -0.15) is 0 Å². The predicted octanol–water partition coefficient (Wildman–Crippen LogP) is 4.28. The molecule has 1 saturated heterocycles. The molecule has 0 N–H and O–H groups in total. The fraction of sp³-hybridized carbons (Fsp3) is 0.357. The van der Waals surface area contributed by atoms with E-state index in [1.807, 2.05) is 23.5 Å². The molecule has 0 spiro atoms. The van der Waals surface area contributed by atoms with Gasteiger partial charge in [0.15, 0.2) is 6.29 Å². The Hall–Kier alpha value is -1.13. The second-order valence-corrected chi connectivity index (χ2v) is 6.68. The summed E-state index contributed by atoms with van der Waals surface area (Å²) in [5.41, 5.74) is 0. The molecule has 0 atom stereocenters. The Morgan fingerprint density at radius 2 is 1.67 bits per heavy atom. The van der Waals surface area contributed by atoms with E-state index in [1.165, 1.54) is 47.1 Å². The Morgan fingerprint density at radius 1 is 0.944 bits per heavy atom. The topological polar surface area (TPSA) is 20.3 Å². The van der Waals surface area contributed by atoms with Gasteiger partial charge in [0.25, 0.3) is 0 Å². The molecule has 2 nitrogen and oxygen atoms in total. The molecular weight excluding hydrogens is 262 g/mol. The fourth-order valence-corrected chi connectivity index (χ4v) is 4.26. The first-order chi connectivity index (χ1) is 8.86. The zero-order valence-electron chi connectivity index (χ0n) is 10.1. The summed E-state index contributed by atoms with van der Waals surface area (Å²) in [7, 11) is 0. The van der Waals surface area contributed by atoms with Crippen molar-refractivity contribution in [1.29, 1.82) is 0 Å². The molecule has 94 valence electrons. The van der Waals surface area contributed by atoms with Gasteiger partial charge in [0.2, 0.25) is 0 Å². The number of thiophene rings is 2. The van der Waals surface area contributed by atoms with Gasteiger partial charge in [0.1, 0.15) is 0 Å². The zero-order chi connectivity index (χ0) is 12.4. The zero-order valence-corrected chi connectivity index (χ0v) is 11.7. The molecular formula is C14H15NOS2. The molecule has 3 rings (SSSR count). The molecule has 18 heavy (non-hydrogen) atoms. The monoisotopic (exact) mass is 277 g/mol. The van der Waals surface area contributed by atoms with Crippen molar-refractivity contribution in [2.75, 3.05) is 18.0 Å². The normalized spacial score (nSPS) is 15.9. The van der Waals surface area contributed by atoms with Gasteiger partial charge >= 0.3 is 0 Å². The van der Waals surface area contributed by atoms with Crippen molar-refractivity contribution in [3.63, 3.8) is 0 Å². The minimum absolute atomic E-state index is 0.804. The molecule has 0 unspecified atom stereocenters. The summed E-state index contributed by atoms with van der Waals surface area (Å²) in [4.78, 5) is 16.5. The van der Waals surface area contributed by atoms with Gasteiger partial charge in [-0.1, -0.05) is 0 Å². The number of anilines is 1. The standard InChI is InChI=1S/C14H15NOS2/c16-10-11-4-5-12(17-11)13-6-7-14(18-13)15-8-2-1-3-9-15/h4-7,10H,1-3,8-9H2. The maximum Gasteiger partial charge on any atom is 0.160 e. The van der Waals surface area contributed by atoms with Crippen molar-refractivity contribution in [3.05, 3.63) is 29.1 Å². The molecule has 4 heteroatoms. The van der Waals surface area contributed by atoms with Gasteiger partial charge in [-0.3, -0.25) is 4.79 Å². The number of rotatable bonds is 3. The lowest BCUT2D eigenvalue weighted by Gasteiger charge is -2.27. The first-order valence-electron chi connectivity index (χ1n) is 6.27. The molecule has 2 aromatic heterocycles. The van der Waals surface area contributed by atoms with Crippen LogP contribution in [0.15, 0.2) is 24.3 Å². The summed E-state index contributed by atoms with van der Waals surface area (Å²) < 4.78 is 0. The van der Waals surface area contributed by atoms with Crippen LogP contribution >= 0.6 is 22.7 Å². The van der Waals surface area contributed by atoms with E-state index in [4.69, 9.17) is 0 Å². The highest BCUT2D eigenvalue weighted by molar-refractivity contribution is 7.24. The Morgan fingerprint density at radius 3 is 2.39 bits per heavy atom. The third kappa shape index (κ3) is 2.35. The number of piperidine rings is 1. The molecule has 1 fully saturated rings. The van der Waals surface area contributed by atoms with Gasteiger partial charge in [-0.15, -0.1) is 22.7 Å². The van der Waals surface area contributed by atoms with Gasteiger partial charge < -0.3 is 4.90 Å². The number of carbonyl (C=O) groups is 1. The van der Waals surface area contributed by atoms with Crippen molar-refractivity contribution >= 4 is 34.0 Å². The summed E-state index contributed by atoms with van der Waals surface area (Å²) in [5, 5.41) is 1.37. The average Bonchev–Trinajstić information content (AvgIpc) is 3.08. The number of hydrogen-bond donors (Lipinski definition) is 0. The Bertz CT molecular complexity index is 537. The third-order valence-electron chi connectivity index (χ3n) is 3.25. The van der Waals surface area contributed by atoms with E-state index in [1.54, 1.807) is 11.3 Å². The van der Waals surface area contributed by atoms with E-state index in [-0.39, 0.29) is 0 Å². The van der Waals surface area contributed by atoms with Crippen LogP contribution in [0.4, 0.5) is 5.00 Å². The molecule has 0 radical (unpaired) electrons. The van der Waals surface area contributed by atoms with Crippen molar-refractivity contribution < 1.29 is 4.79 Å². The minimum Gasteiger partial charge on any atom is -0.363 e. The van der Waals surface area contributed by atoms with E-state index < -0.39 is 0 Å². The van der Waals surface area contributed by atoms with E-state index in [0.29, 0.717) is 0 Å². The molecule has 0 aliphatic carbocycles. The highest BCUT2D eigenvalue weighted by atomic mass is 32.1. The quantitative estimate of drug-likeness (QED) is 0.780. The number of carbonyl (C=O) groups excluding carboxylic acids is 1. The van der Waals surface area contributed by atoms with Crippen LogP contribution in [0.25, 0.3) is 9.75 Å². The molecule has 1 aliphatic heterocycles. The lowest BCUT2D eigenvalue weighted by atomic mass is 10.1. The highest BCUT2D eigenvalue weighted by Gasteiger charge is 2.14. The fourth-order valence-electron chi connectivity index (χ4n) is 2.29. The molecule has 3 heterocycles. The lowest BCUT2D eigenvalue weighted by molar-refractivity contribution is 0.112. The highest BCUT2D eigenvalue weighted by Crippen LogP contribution is 2.37. The van der Waals surface area contributed by atoms with Crippen LogP contribution in [0.2, 0.25) is 0 Å². The van der Waals surface area contributed by atoms with Crippen LogP contribution in [0.3, 0.4) is 0 Å². The van der Waals surface area contributed by atoms with Crippen molar-refractivity contribution in [1.82, 2.24) is 0 Å². The molecule has 0 saturated carbocycles. The maximum atomic E-state index is 10.7. The lowest BCUT2D eigenvalue weighted by Crippen LogP contribution is -2.28. The predicted molar refractivity (Wildman–Crippen MR) is 79.1 cm³/mol. The molecule has 0 aromatic carbocycles. The SMILES string of the molecule is O=Cc1ccc(-c2ccc(N3CCCCC3)s2)s1. The minimum atomic E-state index is 0.804. The Balaban J connectivity index is 1.81. The van der Waals surface area contributed by atoms with Gasteiger partial charge in [-0.05, 0) is 43.5 Å². The van der Waals surface area contributed by atoms with Crippen LogP contribution in [0, 0.1) is 0 Å². The largest absolute Gasteiger partial charge is 0.363 e. The average molecular weight is 277 g/mol. The summed E-state index contributed by atoms with van der Waals surface area (Å²) in [5.74, 6) is 0. The third-order valence-corrected chi connectivity index (χ3v) is 5.60. The molecule has 1 aliphatic rings. The number of hydrogen-bond acceptors (Lipinski definition) is 4. The van der Waals surface area contributed by atoms with Crippen LogP contribution in [0.5, 0.6) is 0 Å². The van der Waals surface area contributed by atoms with E-state index >= 15 is 0 Å². The maximum absolute atomic E-state index is 10.7. The van der Waals surface area contributed by atoms with E-state index in [0.717, 1.165) is 11.2 Å². The second kappa shape index (κ2) is 5.24. The second-order valence-electron chi connectivity index (χ2n) is 4.51. The van der Waals surface area contributed by atoms with Gasteiger partial charge in [0, 0.05) is 22.8 Å². The molecule has 2 aromatic rings. The number of nitrogens with zero attached hydrogens (tertiary/aromatic N) is 1. The van der Waals surface area contributed by atoms with Crippen LogP contribution in [-0.4, -0.2) is 19.4 Å². The first-order valence-corrected chi connectivity index (χ1v) is 7.90. The molecule has 0 amide bonds. The summed E-state index contributed by atoms with van der Waals surface area (Å²) in [6.07, 6.45) is 4.90. The summed E-state index contributed by atoms with van der Waals surface area (Å²) in [6, 6.07) is 8.33. The van der Waals surface area contributed by atoms with Gasteiger partial charge in [0.05, 0.1) is 9.88 Å². The molecule has 0 bridgehead atoms. The first kappa shape index (κ1) is 11.9. The van der Waals surface area contributed by atoms with Crippen molar-refractivity contribution in [2.45, 2.75) is 19.3 Å². The van der Waals surface area contributed by atoms with E-state index in [9.17, 15) is 4.79 Å². The number of aldehydes is 1. The summed E-state index contributed by atoms with van der Waals surface area (Å²) >= 11 is 3.41. The van der Waals surface area contributed by atoms with E-state index in [2.05, 4.69) is 17.0 Å². The van der Waals surface area contributed by atoms with Gasteiger partial charge in [-0.25, -0.2) is 0 Å². The van der Waals surface area contributed by atoms with Crippen molar-refractivity contribution in [2.24, 2.45) is 0 Å². The smallest absolute Gasteiger partial charge is 0.160 e. The Kier molecular flexibility index (Phi) is 3.48. The van der Waals surface area contributed by atoms with Crippen LogP contribution in [-0.2, 0) is 0 Å². The Labute approximate surface area is 115 Å². The van der Waals surface area contributed by atoms with Crippen molar-refractivity contribution in [3.8, 4) is 9.75 Å².